The van der Waals surface area contributed by atoms with E-state index in [1.165, 1.54) is 11.1 Å². The zero-order valence-corrected chi connectivity index (χ0v) is 18.3. The van der Waals surface area contributed by atoms with Crippen LogP contribution >= 0.6 is 11.6 Å². The van der Waals surface area contributed by atoms with E-state index in [0.29, 0.717) is 34.1 Å². The highest BCUT2D eigenvalue weighted by Crippen LogP contribution is 2.23. The Balaban J connectivity index is 1.35. The van der Waals surface area contributed by atoms with Crippen molar-refractivity contribution in [3.05, 3.63) is 77.1 Å². The second-order valence-corrected chi connectivity index (χ2v) is 8.26. The number of ether oxygens (including phenoxy) is 1. The van der Waals surface area contributed by atoms with Crippen LogP contribution in [-0.2, 0) is 11.3 Å². The number of imide groups is 1. The molecular formula is C23H21ClN4O4. The van der Waals surface area contributed by atoms with Gasteiger partial charge in [0, 0.05) is 17.8 Å². The summed E-state index contributed by atoms with van der Waals surface area (Å²) in [6.07, 6.45) is 3.13. The molecule has 0 fully saturated rings. The molecule has 2 aromatic carbocycles. The van der Waals surface area contributed by atoms with Crippen LogP contribution < -0.4 is 10.1 Å². The number of halogens is 1. The Morgan fingerprint density at radius 1 is 1.03 bits per heavy atom. The van der Waals surface area contributed by atoms with Crippen LogP contribution in [0.15, 0.2) is 60.9 Å². The van der Waals surface area contributed by atoms with Crippen molar-refractivity contribution in [3.63, 3.8) is 0 Å². The summed E-state index contributed by atoms with van der Waals surface area (Å²) in [5.74, 6) is -0.460. The summed E-state index contributed by atoms with van der Waals surface area (Å²) in [4.78, 5) is 38.8. The van der Waals surface area contributed by atoms with E-state index in [9.17, 15) is 14.4 Å². The Morgan fingerprint density at radius 2 is 1.66 bits per heavy atom. The van der Waals surface area contributed by atoms with E-state index in [1.54, 1.807) is 73.3 Å². The summed E-state index contributed by atoms with van der Waals surface area (Å²) in [5, 5.41) is 7.55. The normalized spacial score (nSPS) is 13.3. The fourth-order valence-corrected chi connectivity index (χ4v) is 3.45. The number of carbonyl (C=O) groups excluding carboxylic acids is 3. The zero-order chi connectivity index (χ0) is 22.9. The lowest BCUT2D eigenvalue weighted by Crippen LogP contribution is -2.42. The first-order valence-electron chi connectivity index (χ1n) is 9.98. The third kappa shape index (κ3) is 4.36. The summed E-state index contributed by atoms with van der Waals surface area (Å²) in [7, 11) is 0. The van der Waals surface area contributed by atoms with E-state index in [1.807, 2.05) is 0 Å². The van der Waals surface area contributed by atoms with Gasteiger partial charge in [-0.3, -0.25) is 24.0 Å². The number of carbonyl (C=O) groups is 3. The van der Waals surface area contributed by atoms with Crippen molar-refractivity contribution in [2.24, 2.45) is 0 Å². The van der Waals surface area contributed by atoms with Gasteiger partial charge in [0.15, 0.2) is 5.60 Å². The Labute approximate surface area is 189 Å². The number of benzene rings is 2. The number of hydrogen-bond acceptors (Lipinski definition) is 5. The first-order chi connectivity index (χ1) is 15.2. The lowest BCUT2D eigenvalue weighted by atomic mass is 10.1. The molecule has 0 atom stereocenters. The maximum Gasteiger partial charge on any atom is 0.268 e. The summed E-state index contributed by atoms with van der Waals surface area (Å²) in [6.45, 7) is 3.78. The van der Waals surface area contributed by atoms with Gasteiger partial charge in [0.2, 0.25) is 0 Å². The van der Waals surface area contributed by atoms with Gasteiger partial charge in [-0.15, -0.1) is 0 Å². The highest BCUT2D eigenvalue weighted by molar-refractivity contribution is 6.30. The van der Waals surface area contributed by atoms with E-state index in [0.717, 1.165) is 0 Å². The standard InChI is InChI=1S/C23H21ClN4O4/c1-23(2,32-17-9-7-15(24)8-10-17)22(31)26-16-13-25-27(14-16)11-12-28-20(29)18-5-3-4-6-19(18)21(28)30/h3-10,13-14H,11-12H2,1-2H3,(H,26,31). The average molecular weight is 453 g/mol. The van der Waals surface area contributed by atoms with Crippen molar-refractivity contribution >= 4 is 35.0 Å². The molecule has 1 N–H and O–H groups in total. The molecule has 1 aliphatic heterocycles. The third-order valence-electron chi connectivity index (χ3n) is 5.06. The summed E-state index contributed by atoms with van der Waals surface area (Å²) < 4.78 is 7.35. The maximum atomic E-state index is 12.7. The minimum atomic E-state index is -1.14. The van der Waals surface area contributed by atoms with E-state index in [2.05, 4.69) is 10.4 Å². The van der Waals surface area contributed by atoms with Gasteiger partial charge >= 0.3 is 0 Å². The molecule has 0 saturated carbocycles. The molecule has 1 aliphatic rings. The molecule has 9 heteroatoms. The molecule has 0 aliphatic carbocycles. The number of anilines is 1. The molecule has 0 spiro atoms. The van der Waals surface area contributed by atoms with Gasteiger partial charge in [0.1, 0.15) is 5.75 Å². The predicted molar refractivity (Wildman–Crippen MR) is 119 cm³/mol. The lowest BCUT2D eigenvalue weighted by molar-refractivity contribution is -0.128. The van der Waals surface area contributed by atoms with Crippen molar-refractivity contribution in [3.8, 4) is 5.75 Å². The van der Waals surface area contributed by atoms with Gasteiger partial charge in [0.05, 0.1) is 29.6 Å². The molecule has 1 aromatic heterocycles. The molecule has 0 bridgehead atoms. The topological polar surface area (TPSA) is 93.5 Å². The SMILES string of the molecule is CC(C)(Oc1ccc(Cl)cc1)C(=O)Nc1cnn(CCN2C(=O)c3ccccc3C2=O)c1. The van der Waals surface area contributed by atoms with E-state index >= 15 is 0 Å². The molecule has 0 unspecified atom stereocenters. The predicted octanol–water partition coefficient (Wildman–Crippen LogP) is 3.63. The Bertz CT molecular complexity index is 1150. The molecule has 0 radical (unpaired) electrons. The minimum Gasteiger partial charge on any atom is -0.478 e. The van der Waals surface area contributed by atoms with E-state index in [4.69, 9.17) is 16.3 Å². The molecule has 32 heavy (non-hydrogen) atoms. The molecule has 164 valence electrons. The monoisotopic (exact) mass is 452 g/mol. The fraction of sp³-hybridized carbons (Fsp3) is 0.217. The number of amides is 3. The number of aromatic nitrogens is 2. The highest BCUT2D eigenvalue weighted by Gasteiger charge is 2.35. The van der Waals surface area contributed by atoms with Gasteiger partial charge in [-0.25, -0.2) is 0 Å². The minimum absolute atomic E-state index is 0.173. The van der Waals surface area contributed by atoms with Crippen molar-refractivity contribution in [1.29, 1.82) is 0 Å². The first-order valence-corrected chi connectivity index (χ1v) is 10.4. The van der Waals surface area contributed by atoms with Gasteiger partial charge in [-0.2, -0.15) is 5.10 Å². The van der Waals surface area contributed by atoms with Gasteiger partial charge in [-0.05, 0) is 50.2 Å². The van der Waals surface area contributed by atoms with Gasteiger partial charge in [0.25, 0.3) is 17.7 Å². The summed E-state index contributed by atoms with van der Waals surface area (Å²) in [5.41, 5.74) is 0.156. The molecule has 2 heterocycles. The first kappa shape index (κ1) is 21.6. The van der Waals surface area contributed by atoms with Gasteiger partial charge in [-0.1, -0.05) is 23.7 Å². The van der Waals surface area contributed by atoms with Crippen LogP contribution in [0.3, 0.4) is 0 Å². The molecule has 8 nitrogen and oxygen atoms in total. The molecule has 4 rings (SSSR count). The third-order valence-corrected chi connectivity index (χ3v) is 5.31. The number of rotatable bonds is 7. The number of hydrogen-bond donors (Lipinski definition) is 1. The second kappa shape index (κ2) is 8.47. The largest absolute Gasteiger partial charge is 0.478 e. The summed E-state index contributed by atoms with van der Waals surface area (Å²) in [6, 6.07) is 13.5. The van der Waals surface area contributed by atoms with Gasteiger partial charge < -0.3 is 10.1 Å². The maximum absolute atomic E-state index is 12.7. The smallest absolute Gasteiger partial charge is 0.268 e. The van der Waals surface area contributed by atoms with Crippen LogP contribution in [0.5, 0.6) is 5.75 Å². The molecule has 0 saturated heterocycles. The average Bonchev–Trinajstić information content (AvgIpc) is 3.31. The van der Waals surface area contributed by atoms with Crippen LogP contribution in [0.25, 0.3) is 0 Å². The quantitative estimate of drug-likeness (QED) is 0.552. The van der Waals surface area contributed by atoms with Crippen LogP contribution in [0, 0.1) is 0 Å². The van der Waals surface area contributed by atoms with Crippen LogP contribution in [0.4, 0.5) is 5.69 Å². The number of nitrogens with zero attached hydrogens (tertiary/aromatic N) is 3. The number of nitrogens with one attached hydrogen (secondary N) is 1. The van der Waals surface area contributed by atoms with Crippen molar-refractivity contribution in [2.45, 2.75) is 26.0 Å². The molecule has 3 amide bonds. The second-order valence-electron chi connectivity index (χ2n) is 7.82. The fourth-order valence-electron chi connectivity index (χ4n) is 3.32. The van der Waals surface area contributed by atoms with Crippen LogP contribution in [0.2, 0.25) is 5.02 Å². The highest BCUT2D eigenvalue weighted by atomic mass is 35.5. The van der Waals surface area contributed by atoms with E-state index in [-0.39, 0.29) is 24.3 Å². The van der Waals surface area contributed by atoms with Crippen LogP contribution in [0.1, 0.15) is 34.6 Å². The Hall–Kier alpha value is -3.65. The summed E-state index contributed by atoms with van der Waals surface area (Å²) >= 11 is 5.88. The molecule has 3 aromatic rings. The molecular weight excluding hydrogens is 432 g/mol. The lowest BCUT2D eigenvalue weighted by Gasteiger charge is -2.25. The van der Waals surface area contributed by atoms with Crippen LogP contribution in [-0.4, -0.2) is 44.5 Å². The Kier molecular flexibility index (Phi) is 5.71. The number of fused-ring (bicyclic) bond motifs is 1. The van der Waals surface area contributed by atoms with Crippen molar-refractivity contribution in [1.82, 2.24) is 14.7 Å². The van der Waals surface area contributed by atoms with E-state index < -0.39 is 5.60 Å². The Morgan fingerprint density at radius 3 is 2.28 bits per heavy atom. The van der Waals surface area contributed by atoms with Crippen molar-refractivity contribution in [2.75, 3.05) is 11.9 Å². The van der Waals surface area contributed by atoms with Crippen molar-refractivity contribution < 1.29 is 19.1 Å². The zero-order valence-electron chi connectivity index (χ0n) is 17.5.